The summed E-state index contributed by atoms with van der Waals surface area (Å²) in [6, 6.07) is 10.7. The van der Waals surface area contributed by atoms with Gasteiger partial charge in [-0.15, -0.1) is 0 Å². The monoisotopic (exact) mass is 361 g/mol. The number of hydrogen-bond donors (Lipinski definition) is 2. The van der Waals surface area contributed by atoms with E-state index in [2.05, 4.69) is 15.6 Å². The molecular weight excluding hydrogens is 347 g/mol. The fourth-order valence-electron chi connectivity index (χ4n) is 2.31. The van der Waals surface area contributed by atoms with Crippen LogP contribution < -0.4 is 10.6 Å². The molecular formula is C18H14F3N3O2. The highest BCUT2D eigenvalue weighted by Gasteiger charge is 2.29. The number of alkyl halides is 3. The maximum atomic E-state index is 12.5. The minimum atomic E-state index is -4.41. The Morgan fingerprint density at radius 2 is 1.85 bits per heavy atom. The molecule has 0 radical (unpaired) electrons. The van der Waals surface area contributed by atoms with Crippen LogP contribution in [0.4, 0.5) is 23.7 Å². The summed E-state index contributed by atoms with van der Waals surface area (Å²) in [6.07, 6.45) is -1.27. The average Bonchev–Trinajstić information content (AvgIpc) is 3.14. The van der Waals surface area contributed by atoms with Gasteiger partial charge in [0, 0.05) is 24.0 Å². The first kappa shape index (κ1) is 17.5. The molecule has 0 aliphatic rings. The van der Waals surface area contributed by atoms with Gasteiger partial charge in [0.25, 0.3) is 0 Å². The number of halogens is 3. The number of amides is 2. The quantitative estimate of drug-likeness (QED) is 0.709. The van der Waals surface area contributed by atoms with Crippen LogP contribution in [0.25, 0.3) is 11.5 Å². The Morgan fingerprint density at radius 1 is 1.08 bits per heavy atom. The van der Waals surface area contributed by atoms with Crippen LogP contribution >= 0.6 is 0 Å². The molecule has 3 rings (SSSR count). The molecule has 3 aromatic rings. The zero-order valence-corrected chi connectivity index (χ0v) is 13.4. The van der Waals surface area contributed by atoms with Crippen molar-refractivity contribution in [3.05, 3.63) is 72.1 Å². The van der Waals surface area contributed by atoms with Crippen LogP contribution in [0.5, 0.6) is 0 Å². The van der Waals surface area contributed by atoms with Gasteiger partial charge in [0.05, 0.1) is 11.8 Å². The van der Waals surface area contributed by atoms with E-state index < -0.39 is 17.8 Å². The number of nitrogens with zero attached hydrogens (tertiary/aromatic N) is 1. The molecule has 2 aromatic heterocycles. The Kier molecular flexibility index (Phi) is 4.92. The van der Waals surface area contributed by atoms with E-state index in [4.69, 9.17) is 4.42 Å². The molecule has 8 heteroatoms. The van der Waals surface area contributed by atoms with Gasteiger partial charge in [-0.1, -0.05) is 6.07 Å². The van der Waals surface area contributed by atoms with Crippen LogP contribution in [0.3, 0.4) is 0 Å². The van der Waals surface area contributed by atoms with Crippen molar-refractivity contribution < 1.29 is 22.4 Å². The van der Waals surface area contributed by atoms with Gasteiger partial charge in [-0.3, -0.25) is 4.98 Å². The van der Waals surface area contributed by atoms with E-state index in [0.717, 1.165) is 17.7 Å². The van der Waals surface area contributed by atoms with Crippen LogP contribution in [0.2, 0.25) is 0 Å². The summed E-state index contributed by atoms with van der Waals surface area (Å²) in [5.74, 6) is 0.575. The minimum absolute atomic E-state index is 0.177. The molecule has 0 atom stereocenters. The van der Waals surface area contributed by atoms with Crippen molar-refractivity contribution in [1.29, 1.82) is 0 Å². The summed E-state index contributed by atoms with van der Waals surface area (Å²) >= 11 is 0. The summed E-state index contributed by atoms with van der Waals surface area (Å²) in [5, 5.41) is 5.12. The average molecular weight is 361 g/mol. The van der Waals surface area contributed by atoms with E-state index in [-0.39, 0.29) is 12.2 Å². The lowest BCUT2D eigenvalue weighted by Gasteiger charge is -2.11. The fraction of sp³-hybridized carbons (Fsp3) is 0.111. The maximum absolute atomic E-state index is 12.5. The van der Waals surface area contributed by atoms with Crippen molar-refractivity contribution in [2.75, 3.05) is 5.32 Å². The largest absolute Gasteiger partial charge is 0.463 e. The Balaban J connectivity index is 1.62. The van der Waals surface area contributed by atoms with Gasteiger partial charge in [-0.25, -0.2) is 4.79 Å². The second-order valence-corrected chi connectivity index (χ2v) is 5.37. The standard InChI is InChI=1S/C18H14F3N3O2/c19-18(20,21)13-5-7-14(8-6-13)24-17(25)23-11-12-3-1-9-22-16(12)15-4-2-10-26-15/h1-10H,11H2,(H2,23,24,25). The number of furan rings is 1. The second kappa shape index (κ2) is 7.30. The van der Waals surface area contributed by atoms with E-state index in [1.807, 2.05) is 0 Å². The normalized spacial score (nSPS) is 11.2. The Hall–Kier alpha value is -3.29. The van der Waals surface area contributed by atoms with Crippen molar-refractivity contribution >= 4 is 11.7 Å². The summed E-state index contributed by atoms with van der Waals surface area (Å²) in [6.45, 7) is 0.177. The molecule has 1 aromatic carbocycles. The highest BCUT2D eigenvalue weighted by Crippen LogP contribution is 2.29. The Morgan fingerprint density at radius 3 is 2.50 bits per heavy atom. The van der Waals surface area contributed by atoms with Crippen molar-refractivity contribution in [2.24, 2.45) is 0 Å². The van der Waals surface area contributed by atoms with Crippen LogP contribution in [0.15, 0.2) is 65.4 Å². The number of anilines is 1. The Bertz CT molecular complexity index is 875. The first-order chi connectivity index (χ1) is 12.4. The highest BCUT2D eigenvalue weighted by atomic mass is 19.4. The molecule has 2 amide bonds. The van der Waals surface area contributed by atoms with Gasteiger partial charge in [0.1, 0.15) is 5.69 Å². The van der Waals surface area contributed by atoms with Crippen LogP contribution in [0, 0.1) is 0 Å². The van der Waals surface area contributed by atoms with Crippen molar-refractivity contribution in [3.8, 4) is 11.5 Å². The number of rotatable bonds is 4. The van der Waals surface area contributed by atoms with E-state index in [0.29, 0.717) is 11.5 Å². The lowest BCUT2D eigenvalue weighted by atomic mass is 10.1. The summed E-state index contributed by atoms with van der Waals surface area (Å²) < 4.78 is 42.9. The SMILES string of the molecule is O=C(NCc1cccnc1-c1ccco1)Nc1ccc(C(F)(F)F)cc1. The topological polar surface area (TPSA) is 67.2 Å². The molecule has 0 saturated carbocycles. The number of nitrogens with one attached hydrogen (secondary N) is 2. The number of aromatic nitrogens is 1. The molecule has 2 N–H and O–H groups in total. The fourth-order valence-corrected chi connectivity index (χ4v) is 2.31. The predicted molar refractivity (Wildman–Crippen MR) is 89.2 cm³/mol. The summed E-state index contributed by atoms with van der Waals surface area (Å²) in [5.41, 5.74) is 0.826. The van der Waals surface area contributed by atoms with Gasteiger partial charge in [-0.05, 0) is 42.5 Å². The van der Waals surface area contributed by atoms with Crippen molar-refractivity contribution in [1.82, 2.24) is 10.3 Å². The molecule has 0 aliphatic heterocycles. The zero-order valence-electron chi connectivity index (χ0n) is 13.4. The number of hydrogen-bond acceptors (Lipinski definition) is 3. The van der Waals surface area contributed by atoms with Crippen LogP contribution in [0.1, 0.15) is 11.1 Å². The molecule has 0 unspecified atom stereocenters. The zero-order chi connectivity index (χ0) is 18.6. The van der Waals surface area contributed by atoms with E-state index in [1.54, 1.807) is 30.5 Å². The molecule has 0 saturated heterocycles. The number of urea groups is 1. The predicted octanol–water partition coefficient (Wildman–Crippen LogP) is 4.68. The lowest BCUT2D eigenvalue weighted by Crippen LogP contribution is -2.28. The second-order valence-electron chi connectivity index (χ2n) is 5.37. The van der Waals surface area contributed by atoms with Gasteiger partial charge in [0.2, 0.25) is 0 Å². The van der Waals surface area contributed by atoms with Gasteiger partial charge >= 0.3 is 12.2 Å². The first-order valence-electron chi connectivity index (χ1n) is 7.63. The molecule has 0 bridgehead atoms. The number of carbonyl (C=O) groups excluding carboxylic acids is 1. The summed E-state index contributed by atoms with van der Waals surface area (Å²) in [7, 11) is 0. The van der Waals surface area contributed by atoms with E-state index >= 15 is 0 Å². The Labute approximate surface area is 146 Å². The molecule has 26 heavy (non-hydrogen) atoms. The van der Waals surface area contributed by atoms with Crippen LogP contribution in [-0.4, -0.2) is 11.0 Å². The maximum Gasteiger partial charge on any atom is 0.416 e. The van der Waals surface area contributed by atoms with E-state index in [1.165, 1.54) is 18.4 Å². The van der Waals surface area contributed by atoms with Gasteiger partial charge in [-0.2, -0.15) is 13.2 Å². The molecule has 0 spiro atoms. The molecule has 0 fully saturated rings. The van der Waals surface area contributed by atoms with Crippen molar-refractivity contribution in [2.45, 2.75) is 12.7 Å². The van der Waals surface area contributed by atoms with E-state index in [9.17, 15) is 18.0 Å². The smallest absolute Gasteiger partial charge is 0.416 e. The third kappa shape index (κ3) is 4.21. The molecule has 5 nitrogen and oxygen atoms in total. The van der Waals surface area contributed by atoms with Gasteiger partial charge < -0.3 is 15.1 Å². The van der Waals surface area contributed by atoms with Gasteiger partial charge in [0.15, 0.2) is 5.76 Å². The number of benzene rings is 1. The first-order valence-corrected chi connectivity index (χ1v) is 7.63. The lowest BCUT2D eigenvalue weighted by molar-refractivity contribution is -0.137. The van der Waals surface area contributed by atoms with Crippen molar-refractivity contribution in [3.63, 3.8) is 0 Å². The third-order valence-corrected chi connectivity index (χ3v) is 3.56. The third-order valence-electron chi connectivity index (χ3n) is 3.56. The highest BCUT2D eigenvalue weighted by molar-refractivity contribution is 5.89. The molecule has 2 heterocycles. The molecule has 0 aliphatic carbocycles. The molecule has 134 valence electrons. The summed E-state index contributed by atoms with van der Waals surface area (Å²) in [4.78, 5) is 16.2. The van der Waals surface area contributed by atoms with Crippen LogP contribution in [-0.2, 0) is 12.7 Å². The number of carbonyl (C=O) groups is 1. The number of pyridine rings is 1. The minimum Gasteiger partial charge on any atom is -0.463 e.